The van der Waals surface area contributed by atoms with Crippen molar-refractivity contribution in [1.29, 1.82) is 0 Å². The molecule has 36 heavy (non-hydrogen) atoms. The van der Waals surface area contributed by atoms with Crippen LogP contribution in [-0.4, -0.2) is 56.8 Å². The first-order valence-electron chi connectivity index (χ1n) is 12.6. The van der Waals surface area contributed by atoms with Crippen molar-refractivity contribution in [2.75, 3.05) is 11.6 Å². The van der Waals surface area contributed by atoms with E-state index in [2.05, 4.69) is 13.8 Å². The molecule has 0 radical (unpaired) electrons. The van der Waals surface area contributed by atoms with Crippen molar-refractivity contribution < 1.29 is 19.2 Å². The van der Waals surface area contributed by atoms with Gasteiger partial charge in [0, 0.05) is 6.54 Å². The summed E-state index contributed by atoms with van der Waals surface area (Å²) in [5.74, 6) is -0.724. The third-order valence-electron chi connectivity index (χ3n) is 9.83. The van der Waals surface area contributed by atoms with E-state index in [0.717, 1.165) is 24.3 Å². The summed E-state index contributed by atoms with van der Waals surface area (Å²) in [5.41, 5.74) is -0.591. The van der Waals surface area contributed by atoms with Crippen molar-refractivity contribution in [3.8, 4) is 0 Å². The molecule has 8 heteroatoms. The number of imide groups is 1. The molecule has 2 saturated heterocycles. The summed E-state index contributed by atoms with van der Waals surface area (Å²) in [6.45, 7) is 6.33. The van der Waals surface area contributed by atoms with E-state index in [1.165, 1.54) is 0 Å². The first-order valence-corrected chi connectivity index (χ1v) is 12.6. The lowest BCUT2D eigenvalue weighted by molar-refractivity contribution is -0.139. The van der Waals surface area contributed by atoms with Crippen LogP contribution < -0.4 is 5.01 Å². The number of rotatable bonds is 3. The van der Waals surface area contributed by atoms with Crippen molar-refractivity contribution >= 4 is 29.3 Å². The topological polar surface area (TPSA) is 81.0 Å². The normalized spacial score (nSPS) is 35.5. The second kappa shape index (κ2) is 6.62. The van der Waals surface area contributed by atoms with E-state index in [-0.39, 0.29) is 29.8 Å². The average molecular weight is 485 g/mol. The fourth-order valence-electron chi connectivity index (χ4n) is 7.60. The summed E-state index contributed by atoms with van der Waals surface area (Å²) >= 11 is 0. The Balaban J connectivity index is 1.28. The van der Waals surface area contributed by atoms with Crippen LogP contribution in [0.2, 0.25) is 0 Å². The van der Waals surface area contributed by atoms with Crippen molar-refractivity contribution in [3.63, 3.8) is 0 Å². The summed E-state index contributed by atoms with van der Waals surface area (Å²) < 4.78 is 0. The highest BCUT2D eigenvalue weighted by molar-refractivity contribution is 6.21. The zero-order valence-corrected chi connectivity index (χ0v) is 20.6. The minimum Gasteiger partial charge on any atom is -0.272 e. The molecule has 1 unspecified atom stereocenters. The summed E-state index contributed by atoms with van der Waals surface area (Å²) in [6.07, 6.45) is 2.52. The van der Waals surface area contributed by atoms with Crippen molar-refractivity contribution in [3.05, 3.63) is 65.7 Å². The van der Waals surface area contributed by atoms with Crippen LogP contribution in [0.4, 0.5) is 5.69 Å². The van der Waals surface area contributed by atoms with Crippen LogP contribution >= 0.6 is 0 Å². The summed E-state index contributed by atoms with van der Waals surface area (Å²) in [7, 11) is 0. The lowest BCUT2D eigenvalue weighted by Crippen LogP contribution is -2.54. The number of benzene rings is 2. The van der Waals surface area contributed by atoms with Gasteiger partial charge in [-0.3, -0.25) is 19.2 Å². The molecule has 3 heterocycles. The Labute approximate surface area is 209 Å². The second-order valence-electron chi connectivity index (χ2n) is 11.6. The van der Waals surface area contributed by atoms with Gasteiger partial charge in [-0.15, -0.1) is 0 Å². The van der Waals surface area contributed by atoms with E-state index in [1.54, 1.807) is 46.2 Å². The Hall–Kier alpha value is -3.52. The number of hydrazine groups is 2. The van der Waals surface area contributed by atoms with Crippen LogP contribution in [0.25, 0.3) is 0 Å². The number of carbonyl (C=O) groups is 4. The molecule has 184 valence electrons. The first kappa shape index (κ1) is 21.7. The predicted molar refractivity (Wildman–Crippen MR) is 130 cm³/mol. The maximum atomic E-state index is 14.4. The number of hydrogen-bond acceptors (Lipinski definition) is 5. The van der Waals surface area contributed by atoms with Crippen molar-refractivity contribution in [2.45, 2.75) is 51.6 Å². The summed E-state index contributed by atoms with van der Waals surface area (Å²) in [5, 5.41) is 5.92. The largest absolute Gasteiger partial charge is 0.276 e. The number of nitrogens with zero attached hydrogens (tertiary/aromatic N) is 4. The van der Waals surface area contributed by atoms with Crippen molar-refractivity contribution in [1.82, 2.24) is 15.0 Å². The SMILES string of the molecule is CC1(C)[C@@H]2CC[C@]13C(=O)N(c1ccccc1)N(C(=O)[C@@]1(C)CN1N1C(=O)c4ccccc4C1=O)[C@@H]3C2. The highest BCUT2D eigenvalue weighted by Crippen LogP contribution is 2.70. The van der Waals surface area contributed by atoms with Gasteiger partial charge in [0.1, 0.15) is 5.54 Å². The van der Waals surface area contributed by atoms with Gasteiger partial charge in [-0.2, -0.15) is 5.01 Å². The van der Waals surface area contributed by atoms with Crippen LogP contribution in [0.3, 0.4) is 0 Å². The number of fused-ring (bicyclic) bond motifs is 2. The lowest BCUT2D eigenvalue weighted by atomic mass is 9.67. The molecule has 3 aliphatic heterocycles. The highest BCUT2D eigenvalue weighted by Gasteiger charge is 2.77. The average Bonchev–Trinajstić information content (AvgIpc) is 3.14. The molecule has 8 nitrogen and oxygen atoms in total. The molecule has 0 aromatic heterocycles. The molecule has 4 amide bonds. The number of amides is 4. The Kier molecular flexibility index (Phi) is 4.00. The van der Waals surface area contributed by atoms with Gasteiger partial charge in [0.2, 0.25) is 0 Å². The Morgan fingerprint density at radius 1 is 0.861 bits per heavy atom. The molecule has 5 atom stereocenters. The second-order valence-corrected chi connectivity index (χ2v) is 11.6. The van der Waals surface area contributed by atoms with Crippen LogP contribution in [0.15, 0.2) is 54.6 Å². The van der Waals surface area contributed by atoms with Crippen LogP contribution in [-0.2, 0) is 9.59 Å². The van der Waals surface area contributed by atoms with E-state index in [1.807, 2.05) is 30.3 Å². The molecule has 4 fully saturated rings. The molecule has 1 spiro atoms. The Bertz CT molecular complexity index is 1340. The molecule has 2 aromatic rings. The minimum atomic E-state index is -1.10. The van der Waals surface area contributed by atoms with Gasteiger partial charge in [0.05, 0.1) is 28.3 Å². The van der Waals surface area contributed by atoms with Gasteiger partial charge in [0.15, 0.2) is 0 Å². The molecule has 2 bridgehead atoms. The van der Waals surface area contributed by atoms with E-state index in [9.17, 15) is 19.2 Å². The number of anilines is 1. The zero-order chi connectivity index (χ0) is 25.2. The van der Waals surface area contributed by atoms with Gasteiger partial charge >= 0.3 is 0 Å². The van der Waals surface area contributed by atoms with Gasteiger partial charge in [0.25, 0.3) is 23.6 Å². The standard InChI is InChI=1S/C28H28N4O4/c1-26(2)17-13-14-28(26)21(15-17)31(30(25(28)36)18-9-5-4-6-10-18)24(35)27(3)16-29(27)32-22(33)19-11-7-8-12-20(19)23(32)34/h4-12,17,21H,13-16H2,1-3H3/t17-,21-,27-,28+,29?/m1/s1. The minimum absolute atomic E-state index is 0.0198. The molecule has 2 saturated carbocycles. The molecule has 5 aliphatic rings. The van der Waals surface area contributed by atoms with Crippen LogP contribution in [0.1, 0.15) is 60.7 Å². The van der Waals surface area contributed by atoms with E-state index in [0.29, 0.717) is 22.7 Å². The summed E-state index contributed by atoms with van der Waals surface area (Å²) in [6, 6.07) is 15.8. The Morgan fingerprint density at radius 3 is 2.08 bits per heavy atom. The number of para-hydroxylation sites is 1. The molecule has 7 rings (SSSR count). The fraction of sp³-hybridized carbons (Fsp3) is 0.429. The van der Waals surface area contributed by atoms with E-state index < -0.39 is 22.8 Å². The Morgan fingerprint density at radius 2 is 1.47 bits per heavy atom. The zero-order valence-electron chi connectivity index (χ0n) is 20.6. The quantitative estimate of drug-likeness (QED) is 0.494. The van der Waals surface area contributed by atoms with Crippen molar-refractivity contribution in [2.24, 2.45) is 16.7 Å². The highest BCUT2D eigenvalue weighted by atomic mass is 16.2. The molecule has 2 aliphatic carbocycles. The molecular formula is C28H28N4O4. The fourth-order valence-corrected chi connectivity index (χ4v) is 7.60. The smallest absolute Gasteiger partial charge is 0.272 e. The van der Waals surface area contributed by atoms with Crippen LogP contribution in [0, 0.1) is 16.7 Å². The maximum Gasteiger partial charge on any atom is 0.276 e. The van der Waals surface area contributed by atoms with E-state index >= 15 is 0 Å². The number of hydrogen-bond donors (Lipinski definition) is 0. The third kappa shape index (κ3) is 2.29. The number of carbonyl (C=O) groups excluding carboxylic acids is 4. The van der Waals surface area contributed by atoms with Crippen LogP contribution in [0.5, 0.6) is 0 Å². The first-order chi connectivity index (χ1) is 17.1. The third-order valence-corrected chi connectivity index (χ3v) is 9.83. The maximum absolute atomic E-state index is 14.4. The monoisotopic (exact) mass is 484 g/mol. The van der Waals surface area contributed by atoms with Gasteiger partial charge in [-0.05, 0) is 61.8 Å². The lowest BCUT2D eigenvalue weighted by Gasteiger charge is -2.36. The molecular weight excluding hydrogens is 456 g/mol. The van der Waals surface area contributed by atoms with Gasteiger partial charge in [-0.25, -0.2) is 15.0 Å². The summed E-state index contributed by atoms with van der Waals surface area (Å²) in [4.78, 5) is 54.8. The van der Waals surface area contributed by atoms with Gasteiger partial charge in [-0.1, -0.05) is 44.2 Å². The van der Waals surface area contributed by atoms with Gasteiger partial charge < -0.3 is 0 Å². The predicted octanol–water partition coefficient (Wildman–Crippen LogP) is 3.26. The molecule has 2 aromatic carbocycles. The molecule has 0 N–H and O–H groups in total. The van der Waals surface area contributed by atoms with E-state index in [4.69, 9.17) is 0 Å².